The van der Waals surface area contributed by atoms with Gasteiger partial charge in [-0.2, -0.15) is 0 Å². The molecule has 6 nitrogen and oxygen atoms in total. The van der Waals surface area contributed by atoms with E-state index in [4.69, 9.17) is 4.74 Å². The van der Waals surface area contributed by atoms with Gasteiger partial charge in [0.1, 0.15) is 0 Å². The molecule has 0 rings (SSSR count). The molecule has 0 saturated heterocycles. The Morgan fingerprint density at radius 1 is 0.435 bits per heavy atom. The second kappa shape index (κ2) is 52.0. The van der Waals surface area contributed by atoms with Gasteiger partial charge in [0, 0.05) is 12.8 Å². The summed E-state index contributed by atoms with van der Waals surface area (Å²) in [6.07, 6.45) is 61.6. The van der Waals surface area contributed by atoms with Crippen molar-refractivity contribution >= 4 is 11.9 Å². The monoisotopic (exact) mass is 874 g/mol. The summed E-state index contributed by atoms with van der Waals surface area (Å²) in [5, 5.41) is 23.3. The van der Waals surface area contributed by atoms with E-state index >= 15 is 0 Å². The summed E-state index contributed by atoms with van der Waals surface area (Å²) in [5.41, 5.74) is 0. The Labute approximate surface area is 386 Å². The number of hydrogen-bond donors (Lipinski definition) is 3. The van der Waals surface area contributed by atoms with Gasteiger partial charge < -0.3 is 20.3 Å². The van der Waals surface area contributed by atoms with E-state index in [1.807, 2.05) is 0 Å². The Kier molecular flexibility index (Phi) is 50.6. The molecule has 3 N–H and O–H groups in total. The largest absolute Gasteiger partial charge is 0.466 e. The van der Waals surface area contributed by atoms with E-state index in [0.29, 0.717) is 25.9 Å². The summed E-state index contributed by atoms with van der Waals surface area (Å²) in [6, 6.07) is -0.562. The molecule has 0 saturated carbocycles. The van der Waals surface area contributed by atoms with Crippen molar-refractivity contribution < 1.29 is 24.5 Å². The van der Waals surface area contributed by atoms with E-state index in [-0.39, 0.29) is 18.5 Å². The van der Waals surface area contributed by atoms with E-state index in [9.17, 15) is 19.8 Å². The number of aliphatic hydroxyl groups is 2. The van der Waals surface area contributed by atoms with Gasteiger partial charge in [-0.3, -0.25) is 9.59 Å². The third-order valence-electron chi connectivity index (χ3n) is 12.7. The normalized spacial score (nSPS) is 12.8. The molecule has 2 atom stereocenters. The zero-order valence-electron chi connectivity index (χ0n) is 41.6. The summed E-state index contributed by atoms with van der Waals surface area (Å²) in [7, 11) is 0. The highest BCUT2D eigenvalue weighted by molar-refractivity contribution is 5.76. The fraction of sp³-hybridized carbons (Fsp3) is 0.893. The van der Waals surface area contributed by atoms with Crippen molar-refractivity contribution in [1.29, 1.82) is 0 Å². The Hall–Kier alpha value is -1.66. The first-order chi connectivity index (χ1) is 30.5. The maximum atomic E-state index is 12.5. The van der Waals surface area contributed by atoms with Crippen LogP contribution < -0.4 is 5.32 Å². The van der Waals surface area contributed by atoms with E-state index in [1.54, 1.807) is 0 Å². The zero-order valence-corrected chi connectivity index (χ0v) is 41.6. The van der Waals surface area contributed by atoms with Crippen LogP contribution in [0.25, 0.3) is 0 Å². The van der Waals surface area contributed by atoms with E-state index in [2.05, 4.69) is 43.5 Å². The summed E-state index contributed by atoms with van der Waals surface area (Å²) >= 11 is 0. The SMILES string of the molecule is CCCCC/C=C\CCCCCCCC(=O)OCCCCCCCC/C=C\CCCCCC(=O)NC(CO)C(O)CCCCCCCCCCCCCCCCCCCCCC. The number of allylic oxidation sites excluding steroid dienone is 4. The summed E-state index contributed by atoms with van der Waals surface area (Å²) in [4.78, 5) is 24.5. The number of rotatable bonds is 51. The van der Waals surface area contributed by atoms with Gasteiger partial charge in [-0.25, -0.2) is 0 Å². The van der Waals surface area contributed by atoms with Crippen LogP contribution in [0.5, 0.6) is 0 Å². The van der Waals surface area contributed by atoms with E-state index in [1.165, 1.54) is 193 Å². The van der Waals surface area contributed by atoms with Crippen LogP contribution in [-0.4, -0.2) is 47.4 Å². The summed E-state index contributed by atoms with van der Waals surface area (Å²) in [5.74, 6) is -0.0856. The first kappa shape index (κ1) is 60.3. The molecule has 0 bridgehead atoms. The Morgan fingerprint density at radius 2 is 0.758 bits per heavy atom. The molecule has 0 radical (unpaired) electrons. The van der Waals surface area contributed by atoms with Gasteiger partial charge in [-0.15, -0.1) is 0 Å². The second-order valence-electron chi connectivity index (χ2n) is 18.9. The van der Waals surface area contributed by atoms with Crippen LogP contribution in [0, 0.1) is 0 Å². The highest BCUT2D eigenvalue weighted by atomic mass is 16.5. The first-order valence-corrected chi connectivity index (χ1v) is 27.6. The molecule has 0 fully saturated rings. The molecule has 0 aliphatic rings. The minimum absolute atomic E-state index is 0.0223. The number of unbranched alkanes of at least 4 members (excludes halogenated alkanes) is 36. The van der Waals surface area contributed by atoms with Crippen molar-refractivity contribution in [2.75, 3.05) is 13.2 Å². The van der Waals surface area contributed by atoms with Crippen LogP contribution in [0.3, 0.4) is 0 Å². The van der Waals surface area contributed by atoms with Crippen LogP contribution in [0.1, 0.15) is 296 Å². The lowest BCUT2D eigenvalue weighted by molar-refractivity contribution is -0.143. The van der Waals surface area contributed by atoms with Gasteiger partial charge in [-0.05, 0) is 77.0 Å². The fourth-order valence-corrected chi connectivity index (χ4v) is 8.45. The lowest BCUT2D eigenvalue weighted by Crippen LogP contribution is -2.45. The molecule has 0 aromatic rings. The molecular formula is C56H107NO5. The van der Waals surface area contributed by atoms with Crippen molar-refractivity contribution in [3.63, 3.8) is 0 Å². The van der Waals surface area contributed by atoms with Crippen molar-refractivity contribution in [2.45, 2.75) is 309 Å². The van der Waals surface area contributed by atoms with Crippen LogP contribution in [0.2, 0.25) is 0 Å². The average molecular weight is 874 g/mol. The lowest BCUT2D eigenvalue weighted by atomic mass is 10.0. The Balaban J connectivity index is 3.50. The predicted octanol–water partition coefficient (Wildman–Crippen LogP) is 16.7. The van der Waals surface area contributed by atoms with Gasteiger partial charge in [0.25, 0.3) is 0 Å². The molecule has 0 heterocycles. The van der Waals surface area contributed by atoms with Crippen LogP contribution >= 0.6 is 0 Å². The van der Waals surface area contributed by atoms with Crippen molar-refractivity contribution in [1.82, 2.24) is 5.32 Å². The molecule has 0 spiro atoms. The second-order valence-corrected chi connectivity index (χ2v) is 18.9. The van der Waals surface area contributed by atoms with Gasteiger partial charge >= 0.3 is 5.97 Å². The quantitative estimate of drug-likeness (QED) is 0.0321. The maximum absolute atomic E-state index is 12.5. The average Bonchev–Trinajstić information content (AvgIpc) is 3.27. The lowest BCUT2D eigenvalue weighted by Gasteiger charge is -2.22. The Morgan fingerprint density at radius 3 is 1.19 bits per heavy atom. The third kappa shape index (κ3) is 47.8. The molecule has 2 unspecified atom stereocenters. The number of nitrogens with one attached hydrogen (secondary N) is 1. The molecule has 0 aliphatic heterocycles. The molecule has 0 aromatic heterocycles. The molecule has 366 valence electrons. The molecular weight excluding hydrogens is 767 g/mol. The number of amides is 1. The summed E-state index contributed by atoms with van der Waals surface area (Å²) in [6.45, 7) is 4.89. The van der Waals surface area contributed by atoms with Gasteiger partial charge in [0.15, 0.2) is 0 Å². The fourth-order valence-electron chi connectivity index (χ4n) is 8.45. The van der Waals surface area contributed by atoms with Gasteiger partial charge in [0.05, 0.1) is 25.4 Å². The minimum Gasteiger partial charge on any atom is -0.466 e. The van der Waals surface area contributed by atoms with Crippen molar-refractivity contribution in [3.8, 4) is 0 Å². The molecule has 1 amide bonds. The number of carbonyl (C=O) groups is 2. The van der Waals surface area contributed by atoms with Gasteiger partial charge in [0.2, 0.25) is 5.91 Å². The Bertz CT molecular complexity index is 966. The van der Waals surface area contributed by atoms with E-state index < -0.39 is 12.1 Å². The highest BCUT2D eigenvalue weighted by Crippen LogP contribution is 2.17. The third-order valence-corrected chi connectivity index (χ3v) is 12.7. The molecule has 0 aromatic carbocycles. The smallest absolute Gasteiger partial charge is 0.305 e. The van der Waals surface area contributed by atoms with Crippen molar-refractivity contribution in [3.05, 3.63) is 24.3 Å². The highest BCUT2D eigenvalue weighted by Gasteiger charge is 2.20. The predicted molar refractivity (Wildman–Crippen MR) is 269 cm³/mol. The summed E-state index contributed by atoms with van der Waals surface area (Å²) < 4.78 is 5.44. The van der Waals surface area contributed by atoms with Crippen LogP contribution in [0.15, 0.2) is 24.3 Å². The number of hydrogen-bond acceptors (Lipinski definition) is 5. The van der Waals surface area contributed by atoms with Crippen molar-refractivity contribution in [2.24, 2.45) is 0 Å². The van der Waals surface area contributed by atoms with Crippen LogP contribution in [0.4, 0.5) is 0 Å². The molecule has 62 heavy (non-hydrogen) atoms. The zero-order chi connectivity index (χ0) is 45.1. The van der Waals surface area contributed by atoms with Gasteiger partial charge in [-0.1, -0.05) is 231 Å². The number of ether oxygens (including phenoxy) is 1. The standard InChI is InChI=1S/C56H107NO5/c1-3-5-7-9-11-13-15-17-18-19-20-21-22-23-25-28-32-36-40-44-48-54(59)53(52-58)57-55(60)49-45-41-37-33-29-26-24-27-31-35-39-43-47-51-62-56(61)50-46-42-38-34-30-16-14-12-10-8-6-4-2/h12,14,26,29,53-54,58-59H,3-11,13,15-25,27-28,30-52H2,1-2H3,(H,57,60)/b14-12-,29-26-. The van der Waals surface area contributed by atoms with Crippen LogP contribution in [-0.2, 0) is 14.3 Å². The number of carbonyl (C=O) groups excluding carboxylic acids is 2. The maximum Gasteiger partial charge on any atom is 0.305 e. The number of esters is 1. The number of aliphatic hydroxyl groups excluding tert-OH is 2. The molecule has 6 heteroatoms. The molecule has 0 aliphatic carbocycles. The first-order valence-electron chi connectivity index (χ1n) is 27.6. The topological polar surface area (TPSA) is 95.9 Å². The minimum atomic E-state index is -0.682. The van der Waals surface area contributed by atoms with E-state index in [0.717, 1.165) is 70.6 Å².